The van der Waals surface area contributed by atoms with Gasteiger partial charge in [0.2, 0.25) is 0 Å². The Bertz CT molecular complexity index is 1300. The molecule has 0 fully saturated rings. The van der Waals surface area contributed by atoms with Gasteiger partial charge in [-0.2, -0.15) is 5.26 Å². The molecule has 2 nitrogen and oxygen atoms in total. The summed E-state index contributed by atoms with van der Waals surface area (Å²) in [6.45, 7) is 0.367. The van der Waals surface area contributed by atoms with Crippen molar-refractivity contribution in [2.45, 2.75) is 6.61 Å². The number of allylic oxidation sites excluding steroid dienone is 1. The lowest BCUT2D eigenvalue weighted by Gasteiger charge is -2.11. The molecule has 4 aromatic carbocycles. The highest BCUT2D eigenvalue weighted by Crippen LogP contribution is 2.36. The van der Waals surface area contributed by atoms with Crippen LogP contribution in [0.5, 0.6) is 5.75 Å². The highest BCUT2D eigenvalue weighted by molar-refractivity contribution is 14.1. The van der Waals surface area contributed by atoms with E-state index in [9.17, 15) is 5.26 Å². The van der Waals surface area contributed by atoms with Crippen molar-refractivity contribution in [3.63, 3.8) is 0 Å². The van der Waals surface area contributed by atoms with Crippen LogP contribution < -0.4 is 4.74 Å². The van der Waals surface area contributed by atoms with Crippen LogP contribution in [-0.2, 0) is 6.61 Å². The van der Waals surface area contributed by atoms with Crippen LogP contribution in [0.25, 0.3) is 22.4 Å². The fourth-order valence-corrected chi connectivity index (χ4v) is 4.21. The number of nitriles is 1. The molecular weight excluding hydrogens is 540 g/mol. The molecule has 0 aromatic heterocycles. The Morgan fingerprint density at radius 2 is 1.58 bits per heavy atom. The minimum atomic E-state index is 0.367. The average Bonchev–Trinajstić information content (AvgIpc) is 2.78. The highest BCUT2D eigenvalue weighted by atomic mass is 127. The van der Waals surface area contributed by atoms with Crippen LogP contribution in [0.4, 0.5) is 0 Å². The topological polar surface area (TPSA) is 33.0 Å². The van der Waals surface area contributed by atoms with E-state index in [1.165, 1.54) is 0 Å². The van der Waals surface area contributed by atoms with Gasteiger partial charge in [0.25, 0.3) is 0 Å². The maximum atomic E-state index is 9.73. The summed E-state index contributed by atoms with van der Waals surface area (Å²) in [5.41, 5.74) is 3.14. The van der Waals surface area contributed by atoms with Crippen LogP contribution in [0.3, 0.4) is 0 Å². The lowest BCUT2D eigenvalue weighted by atomic mass is 10.00. The van der Waals surface area contributed by atoms with Gasteiger partial charge in [0.1, 0.15) is 6.61 Å². The lowest BCUT2D eigenvalue weighted by Crippen LogP contribution is -1.97. The molecule has 0 saturated carbocycles. The maximum absolute atomic E-state index is 9.73. The van der Waals surface area contributed by atoms with Gasteiger partial charge in [-0.05, 0) is 86.5 Å². The first-order valence-corrected chi connectivity index (χ1v) is 11.3. The Kier molecular flexibility index (Phi) is 6.82. The summed E-state index contributed by atoms with van der Waals surface area (Å²) < 4.78 is 7.02. The second-order valence-corrected chi connectivity index (χ2v) is 9.02. The minimum Gasteiger partial charge on any atom is -0.486 e. The third-order valence-corrected chi connectivity index (χ3v) is 6.09. The van der Waals surface area contributed by atoms with Crippen molar-refractivity contribution in [3.05, 3.63) is 109 Å². The van der Waals surface area contributed by atoms with Gasteiger partial charge in [0, 0.05) is 3.57 Å². The molecule has 0 N–H and O–H groups in total. The summed E-state index contributed by atoms with van der Waals surface area (Å²) in [5, 5.41) is 12.7. The second-order valence-electron chi connectivity index (χ2n) is 6.96. The molecule has 0 heterocycles. The fraction of sp³-hybridized carbons (Fsp3) is 0.0385. The first kappa shape index (κ1) is 21.7. The Labute approximate surface area is 204 Å². The molecule has 0 spiro atoms. The summed E-state index contributed by atoms with van der Waals surface area (Å²) in [6.07, 6.45) is 1.78. The van der Waals surface area contributed by atoms with Crippen molar-refractivity contribution >= 4 is 68.2 Å². The van der Waals surface area contributed by atoms with E-state index in [-0.39, 0.29) is 0 Å². The van der Waals surface area contributed by atoms with Crippen molar-refractivity contribution in [2.24, 2.45) is 0 Å². The molecule has 0 radical (unpaired) electrons. The molecule has 0 bridgehead atoms. The van der Waals surface area contributed by atoms with Crippen LogP contribution in [0.1, 0.15) is 16.7 Å². The van der Waals surface area contributed by atoms with E-state index < -0.39 is 0 Å². The minimum absolute atomic E-state index is 0.367. The zero-order valence-corrected chi connectivity index (χ0v) is 19.9. The largest absolute Gasteiger partial charge is 0.486 e. The zero-order chi connectivity index (χ0) is 21.8. The molecule has 4 aromatic rings. The Morgan fingerprint density at radius 1 is 0.903 bits per heavy atom. The molecule has 0 saturated heterocycles. The molecule has 0 unspecified atom stereocenters. The van der Waals surface area contributed by atoms with Gasteiger partial charge in [0.15, 0.2) is 5.75 Å². The lowest BCUT2D eigenvalue weighted by molar-refractivity contribution is 0.306. The molecule has 31 heavy (non-hydrogen) atoms. The molecule has 0 aliphatic rings. The smallest absolute Gasteiger partial charge is 0.157 e. The van der Waals surface area contributed by atoms with E-state index in [4.69, 9.17) is 27.9 Å². The maximum Gasteiger partial charge on any atom is 0.157 e. The van der Waals surface area contributed by atoms with E-state index in [1.54, 1.807) is 18.2 Å². The van der Waals surface area contributed by atoms with E-state index in [0.29, 0.717) is 28.0 Å². The van der Waals surface area contributed by atoms with Crippen molar-refractivity contribution in [1.82, 2.24) is 0 Å². The summed E-state index contributed by atoms with van der Waals surface area (Å²) >= 11 is 15.2. The first-order chi connectivity index (χ1) is 15.0. The Morgan fingerprint density at radius 3 is 2.26 bits per heavy atom. The van der Waals surface area contributed by atoms with Crippen molar-refractivity contribution in [2.75, 3.05) is 0 Å². The molecule has 4 rings (SSSR count). The molecular formula is C26H16Cl2INO. The SMILES string of the molecule is N#C/C(=C/c1cc(Cl)c(OCc2ccc(I)cc2)c(Cl)c1)c1ccc2ccccc2c1. The molecule has 0 atom stereocenters. The number of fused-ring (bicyclic) bond motifs is 1. The Hall–Kier alpha value is -2.52. The normalized spacial score (nSPS) is 11.4. The number of benzene rings is 4. The zero-order valence-electron chi connectivity index (χ0n) is 16.3. The predicted molar refractivity (Wildman–Crippen MR) is 137 cm³/mol. The molecule has 5 heteroatoms. The third-order valence-electron chi connectivity index (χ3n) is 4.81. The average molecular weight is 556 g/mol. The quantitative estimate of drug-likeness (QED) is 0.141. The number of hydrogen-bond donors (Lipinski definition) is 0. The first-order valence-electron chi connectivity index (χ1n) is 9.51. The predicted octanol–water partition coefficient (Wildman–Crippen LogP) is 8.39. The van der Waals surface area contributed by atoms with Gasteiger partial charge in [-0.1, -0.05) is 71.7 Å². The van der Waals surface area contributed by atoms with E-state index in [1.807, 2.05) is 66.7 Å². The molecule has 0 aliphatic heterocycles. The molecule has 152 valence electrons. The monoisotopic (exact) mass is 555 g/mol. The van der Waals surface area contributed by atoms with Crippen LogP contribution in [0.2, 0.25) is 10.0 Å². The van der Waals surface area contributed by atoms with Crippen LogP contribution in [-0.4, -0.2) is 0 Å². The summed E-state index contributed by atoms with van der Waals surface area (Å²) in [5.74, 6) is 0.434. The number of hydrogen-bond acceptors (Lipinski definition) is 2. The molecule has 0 aliphatic carbocycles. The summed E-state index contributed by atoms with van der Waals surface area (Å²) in [7, 11) is 0. The van der Waals surface area contributed by atoms with Gasteiger partial charge < -0.3 is 4.74 Å². The summed E-state index contributed by atoms with van der Waals surface area (Å²) in [6, 6.07) is 27.9. The van der Waals surface area contributed by atoms with Crippen molar-refractivity contribution in [3.8, 4) is 11.8 Å². The number of halogens is 3. The van der Waals surface area contributed by atoms with Gasteiger partial charge in [-0.15, -0.1) is 0 Å². The highest BCUT2D eigenvalue weighted by Gasteiger charge is 2.11. The van der Waals surface area contributed by atoms with Gasteiger partial charge in [0.05, 0.1) is 21.7 Å². The van der Waals surface area contributed by atoms with E-state index in [0.717, 1.165) is 31.0 Å². The van der Waals surface area contributed by atoms with E-state index in [2.05, 4.69) is 28.7 Å². The number of ether oxygens (including phenoxy) is 1. The Balaban J connectivity index is 1.60. The summed E-state index contributed by atoms with van der Waals surface area (Å²) in [4.78, 5) is 0. The van der Waals surface area contributed by atoms with Gasteiger partial charge in [-0.25, -0.2) is 0 Å². The fourth-order valence-electron chi connectivity index (χ4n) is 3.24. The van der Waals surface area contributed by atoms with Gasteiger partial charge >= 0.3 is 0 Å². The number of rotatable bonds is 5. The van der Waals surface area contributed by atoms with Crippen molar-refractivity contribution < 1.29 is 4.74 Å². The van der Waals surface area contributed by atoms with Crippen LogP contribution in [0, 0.1) is 14.9 Å². The van der Waals surface area contributed by atoms with E-state index >= 15 is 0 Å². The molecule has 0 amide bonds. The third kappa shape index (κ3) is 5.22. The second kappa shape index (κ2) is 9.74. The standard InChI is InChI=1S/C26H16Cl2INO/c27-24-12-18(13-25(28)26(24)31-16-17-5-9-23(29)10-6-17)11-22(15-30)21-8-7-19-3-1-2-4-20(19)14-21/h1-14H,16H2/b22-11-. The number of nitrogens with zero attached hydrogens (tertiary/aromatic N) is 1. The van der Waals surface area contributed by atoms with Gasteiger partial charge in [-0.3, -0.25) is 0 Å². The van der Waals surface area contributed by atoms with Crippen LogP contribution >= 0.6 is 45.8 Å². The van der Waals surface area contributed by atoms with Crippen LogP contribution in [0.15, 0.2) is 78.9 Å². The van der Waals surface area contributed by atoms with Crippen molar-refractivity contribution in [1.29, 1.82) is 5.26 Å².